The van der Waals surface area contributed by atoms with Gasteiger partial charge in [-0.2, -0.15) is 0 Å². The molecule has 2 unspecified atom stereocenters. The van der Waals surface area contributed by atoms with Gasteiger partial charge in [0, 0.05) is 0 Å². The first-order valence-corrected chi connectivity index (χ1v) is 14.4. The maximum absolute atomic E-state index is 12.5. The lowest BCUT2D eigenvalue weighted by molar-refractivity contribution is 0.0734. The van der Waals surface area contributed by atoms with Gasteiger partial charge in [-0.25, -0.2) is 4.79 Å². The Morgan fingerprint density at radius 2 is 1.22 bits per heavy atom. The summed E-state index contributed by atoms with van der Waals surface area (Å²) in [5, 5.41) is 0. The highest BCUT2D eigenvalue weighted by Gasteiger charge is 2.23. The van der Waals surface area contributed by atoms with E-state index in [9.17, 15) is 4.79 Å². The molecule has 0 N–H and O–H groups in total. The smallest absolute Gasteiger partial charge is 0.343 e. The van der Waals surface area contributed by atoms with E-state index >= 15 is 0 Å². The number of carbonyl (C=O) groups excluding carboxylic acids is 1. The maximum atomic E-state index is 12.5. The molecule has 1 aliphatic rings. The van der Waals surface area contributed by atoms with E-state index in [1.807, 2.05) is 24.3 Å². The van der Waals surface area contributed by atoms with Crippen molar-refractivity contribution >= 4 is 5.97 Å². The largest absolute Gasteiger partial charge is 0.494 e. The zero-order valence-electron chi connectivity index (χ0n) is 22.5. The number of hydrogen-bond donors (Lipinski definition) is 0. The summed E-state index contributed by atoms with van der Waals surface area (Å²) < 4.78 is 17.3. The second-order valence-electron chi connectivity index (χ2n) is 10.2. The number of esters is 1. The van der Waals surface area contributed by atoms with Crippen molar-refractivity contribution in [2.24, 2.45) is 11.8 Å². The Bertz CT molecular complexity index is 857. The van der Waals surface area contributed by atoms with Gasteiger partial charge in [-0.15, -0.1) is 0 Å². The van der Waals surface area contributed by atoms with Crippen molar-refractivity contribution in [1.82, 2.24) is 0 Å². The fraction of sp³-hybridized carbons (Fsp3) is 0.594. The summed E-state index contributed by atoms with van der Waals surface area (Å²) in [6, 6.07) is 14.5. The van der Waals surface area contributed by atoms with Crippen LogP contribution >= 0.6 is 0 Å². The normalized spacial score (nSPS) is 17.5. The van der Waals surface area contributed by atoms with E-state index in [4.69, 9.17) is 14.2 Å². The zero-order chi connectivity index (χ0) is 25.4. The highest BCUT2D eigenvalue weighted by Crippen LogP contribution is 2.36. The topological polar surface area (TPSA) is 44.8 Å². The lowest BCUT2D eigenvalue weighted by Gasteiger charge is -2.31. The number of hydrogen-bond acceptors (Lipinski definition) is 4. The van der Waals surface area contributed by atoms with Crippen LogP contribution in [0.15, 0.2) is 48.5 Å². The average Bonchev–Trinajstić information content (AvgIpc) is 2.91. The summed E-state index contributed by atoms with van der Waals surface area (Å²) in [4.78, 5) is 12.5. The summed E-state index contributed by atoms with van der Waals surface area (Å²) in [5.74, 6) is 3.54. The Morgan fingerprint density at radius 3 is 1.86 bits per heavy atom. The molecule has 2 atom stereocenters. The van der Waals surface area contributed by atoms with E-state index in [1.165, 1.54) is 70.6 Å². The van der Waals surface area contributed by atoms with Crippen LogP contribution < -0.4 is 14.2 Å². The Kier molecular flexibility index (Phi) is 12.7. The number of rotatable bonds is 16. The minimum absolute atomic E-state index is 0.371. The van der Waals surface area contributed by atoms with E-state index in [-0.39, 0.29) is 5.97 Å². The second kappa shape index (κ2) is 16.3. The molecule has 0 spiro atoms. The van der Waals surface area contributed by atoms with Crippen LogP contribution in [0.5, 0.6) is 17.2 Å². The Balaban J connectivity index is 1.35. The summed E-state index contributed by atoms with van der Waals surface area (Å²) in [7, 11) is 0. The number of carbonyl (C=O) groups is 1. The van der Waals surface area contributed by atoms with Gasteiger partial charge in [-0.3, -0.25) is 0 Å². The highest BCUT2D eigenvalue weighted by molar-refractivity contribution is 5.91. The first-order chi connectivity index (χ1) is 17.7. The molecule has 2 aromatic rings. The van der Waals surface area contributed by atoms with E-state index in [2.05, 4.69) is 13.8 Å². The SMILES string of the molecule is CCCCCCCOc1ccc(C(=O)Oc2ccc(OCCCC3CCCCC3CCC)cc2)cc1. The Labute approximate surface area is 218 Å². The zero-order valence-corrected chi connectivity index (χ0v) is 22.5. The standard InChI is InChI=1S/C32H46O4/c1-3-5-6-7-10-24-34-29-18-16-28(17-19-29)32(33)36-31-22-20-30(21-23-31)35-25-11-15-27-14-9-8-13-26(27)12-4-2/h16-23,26-27H,3-15,24-25H2,1-2H3. The van der Waals surface area contributed by atoms with Crippen molar-refractivity contribution in [3.63, 3.8) is 0 Å². The molecule has 0 bridgehead atoms. The van der Waals surface area contributed by atoms with Crippen molar-refractivity contribution in [1.29, 1.82) is 0 Å². The predicted molar refractivity (Wildman–Crippen MR) is 147 cm³/mol. The van der Waals surface area contributed by atoms with Gasteiger partial charge in [0.15, 0.2) is 0 Å². The molecule has 0 radical (unpaired) electrons. The number of benzene rings is 2. The van der Waals surface area contributed by atoms with Gasteiger partial charge in [0.05, 0.1) is 18.8 Å². The van der Waals surface area contributed by atoms with Crippen LogP contribution in [0.4, 0.5) is 0 Å². The first kappa shape index (κ1) is 28.1. The van der Waals surface area contributed by atoms with Crippen LogP contribution in [0, 0.1) is 11.8 Å². The van der Waals surface area contributed by atoms with Crippen LogP contribution in [0.3, 0.4) is 0 Å². The molecule has 0 saturated heterocycles. The fourth-order valence-electron chi connectivity index (χ4n) is 5.30. The van der Waals surface area contributed by atoms with E-state index < -0.39 is 0 Å². The third-order valence-corrected chi connectivity index (χ3v) is 7.35. The highest BCUT2D eigenvalue weighted by atomic mass is 16.5. The third-order valence-electron chi connectivity index (χ3n) is 7.35. The third kappa shape index (κ3) is 9.87. The monoisotopic (exact) mass is 494 g/mol. The summed E-state index contributed by atoms with van der Waals surface area (Å²) in [5.41, 5.74) is 0.509. The first-order valence-electron chi connectivity index (χ1n) is 14.4. The Hall–Kier alpha value is -2.49. The molecule has 0 aliphatic heterocycles. The van der Waals surface area contributed by atoms with Crippen LogP contribution in [-0.2, 0) is 0 Å². The van der Waals surface area contributed by atoms with Crippen molar-refractivity contribution in [2.75, 3.05) is 13.2 Å². The van der Waals surface area contributed by atoms with Crippen LogP contribution in [-0.4, -0.2) is 19.2 Å². The van der Waals surface area contributed by atoms with Gasteiger partial charge in [-0.1, -0.05) is 78.1 Å². The lowest BCUT2D eigenvalue weighted by atomic mass is 9.75. The number of ether oxygens (including phenoxy) is 3. The molecule has 4 heteroatoms. The van der Waals surface area contributed by atoms with E-state index in [0.717, 1.165) is 42.8 Å². The molecule has 3 rings (SSSR count). The molecule has 0 heterocycles. The summed E-state index contributed by atoms with van der Waals surface area (Å²) >= 11 is 0. The minimum atomic E-state index is -0.371. The van der Waals surface area contributed by atoms with E-state index in [1.54, 1.807) is 24.3 Å². The van der Waals surface area contributed by atoms with Gasteiger partial charge in [0.2, 0.25) is 0 Å². The molecule has 1 saturated carbocycles. The molecule has 2 aromatic carbocycles. The average molecular weight is 495 g/mol. The summed E-state index contributed by atoms with van der Waals surface area (Å²) in [6.45, 7) is 5.97. The van der Waals surface area contributed by atoms with Crippen LogP contribution in [0.1, 0.15) is 108 Å². The minimum Gasteiger partial charge on any atom is -0.494 e. The molecule has 0 amide bonds. The van der Waals surface area contributed by atoms with Crippen molar-refractivity contribution in [2.45, 2.75) is 97.3 Å². The van der Waals surface area contributed by atoms with Gasteiger partial charge >= 0.3 is 5.97 Å². The van der Waals surface area contributed by atoms with Crippen molar-refractivity contribution < 1.29 is 19.0 Å². The molecular weight excluding hydrogens is 448 g/mol. The molecule has 1 aliphatic carbocycles. The van der Waals surface area contributed by atoms with Gasteiger partial charge in [-0.05, 0) is 79.6 Å². The fourth-order valence-corrected chi connectivity index (χ4v) is 5.30. The van der Waals surface area contributed by atoms with Crippen molar-refractivity contribution in [3.8, 4) is 17.2 Å². The second-order valence-corrected chi connectivity index (χ2v) is 10.2. The van der Waals surface area contributed by atoms with Crippen molar-refractivity contribution in [3.05, 3.63) is 54.1 Å². The maximum Gasteiger partial charge on any atom is 0.343 e. The van der Waals surface area contributed by atoms with Crippen LogP contribution in [0.25, 0.3) is 0 Å². The molecule has 1 fully saturated rings. The summed E-state index contributed by atoms with van der Waals surface area (Å²) in [6.07, 6.45) is 16.7. The van der Waals surface area contributed by atoms with E-state index in [0.29, 0.717) is 17.9 Å². The molecule has 36 heavy (non-hydrogen) atoms. The van der Waals surface area contributed by atoms with Gasteiger partial charge < -0.3 is 14.2 Å². The molecule has 4 nitrogen and oxygen atoms in total. The predicted octanol–water partition coefficient (Wildman–Crippen LogP) is 9.02. The van der Waals surface area contributed by atoms with Gasteiger partial charge in [0.25, 0.3) is 0 Å². The Morgan fingerprint density at radius 1 is 0.667 bits per heavy atom. The lowest BCUT2D eigenvalue weighted by Crippen LogP contribution is -2.20. The molecular formula is C32H46O4. The molecule has 198 valence electrons. The number of unbranched alkanes of at least 4 members (excludes halogenated alkanes) is 4. The quantitative estimate of drug-likeness (QED) is 0.133. The van der Waals surface area contributed by atoms with Gasteiger partial charge in [0.1, 0.15) is 17.2 Å². The molecule has 0 aromatic heterocycles. The van der Waals surface area contributed by atoms with Crippen LogP contribution in [0.2, 0.25) is 0 Å².